The highest BCUT2D eigenvalue weighted by molar-refractivity contribution is 6.35. The topological polar surface area (TPSA) is 56.1 Å². The Bertz CT molecular complexity index is 1040. The van der Waals surface area contributed by atoms with Crippen molar-refractivity contribution >= 4 is 23.2 Å². The molecule has 0 N–H and O–H groups in total. The first-order chi connectivity index (χ1) is 14.3. The largest absolute Gasteiger partial charge is 0.416 e. The van der Waals surface area contributed by atoms with E-state index >= 15 is 0 Å². The molecule has 2 heterocycles. The third-order valence-electron chi connectivity index (χ3n) is 4.82. The van der Waals surface area contributed by atoms with Crippen molar-refractivity contribution in [3.8, 4) is 5.69 Å². The molecule has 1 aromatic heterocycles. The zero-order valence-corrected chi connectivity index (χ0v) is 17.0. The van der Waals surface area contributed by atoms with Gasteiger partial charge in [0.1, 0.15) is 0 Å². The summed E-state index contributed by atoms with van der Waals surface area (Å²) >= 11 is 12.5. The summed E-state index contributed by atoms with van der Waals surface area (Å²) in [6.45, 7) is 2.18. The maximum absolute atomic E-state index is 13.2. The van der Waals surface area contributed by atoms with Gasteiger partial charge in [-0.3, -0.25) is 4.90 Å². The van der Waals surface area contributed by atoms with Crippen LogP contribution >= 0.6 is 23.2 Å². The van der Waals surface area contributed by atoms with Gasteiger partial charge in [-0.15, -0.1) is 5.10 Å². The Morgan fingerprint density at radius 1 is 1.03 bits per heavy atom. The molecule has 0 spiro atoms. The maximum Gasteiger partial charge on any atom is 0.416 e. The van der Waals surface area contributed by atoms with E-state index in [1.54, 1.807) is 18.2 Å². The van der Waals surface area contributed by atoms with Crippen LogP contribution in [-0.2, 0) is 10.9 Å². The van der Waals surface area contributed by atoms with Gasteiger partial charge in [0, 0.05) is 23.1 Å². The number of nitrogens with zero attached hydrogens (tertiary/aromatic N) is 5. The van der Waals surface area contributed by atoms with E-state index in [-0.39, 0.29) is 5.69 Å². The van der Waals surface area contributed by atoms with Crippen molar-refractivity contribution in [3.05, 3.63) is 69.5 Å². The number of ether oxygens (including phenoxy) is 1. The zero-order chi connectivity index (χ0) is 21.3. The summed E-state index contributed by atoms with van der Waals surface area (Å²) < 4.78 is 46.4. The summed E-state index contributed by atoms with van der Waals surface area (Å²) in [5.41, 5.74) is 0.119. The first-order valence-electron chi connectivity index (χ1n) is 9.07. The molecule has 30 heavy (non-hydrogen) atoms. The van der Waals surface area contributed by atoms with E-state index in [2.05, 4.69) is 20.4 Å². The lowest BCUT2D eigenvalue weighted by Crippen LogP contribution is -2.40. The van der Waals surface area contributed by atoms with E-state index in [0.717, 1.165) is 12.1 Å². The fourth-order valence-electron chi connectivity index (χ4n) is 3.42. The molecule has 0 bridgehead atoms. The fourth-order valence-corrected chi connectivity index (χ4v) is 3.93. The second-order valence-electron chi connectivity index (χ2n) is 6.71. The van der Waals surface area contributed by atoms with Gasteiger partial charge in [0.25, 0.3) is 0 Å². The highest BCUT2D eigenvalue weighted by atomic mass is 35.5. The number of alkyl halides is 3. The van der Waals surface area contributed by atoms with Crippen molar-refractivity contribution in [2.24, 2.45) is 0 Å². The number of hydrogen-bond acceptors (Lipinski definition) is 5. The first-order valence-corrected chi connectivity index (χ1v) is 9.83. The van der Waals surface area contributed by atoms with Gasteiger partial charge >= 0.3 is 6.18 Å². The Labute approximate surface area is 180 Å². The van der Waals surface area contributed by atoms with Crippen LogP contribution in [0, 0.1) is 0 Å². The van der Waals surface area contributed by atoms with Gasteiger partial charge in [0.15, 0.2) is 5.82 Å². The zero-order valence-electron chi connectivity index (χ0n) is 15.5. The number of hydrogen-bond donors (Lipinski definition) is 0. The van der Waals surface area contributed by atoms with Crippen LogP contribution in [0.1, 0.15) is 23.0 Å². The van der Waals surface area contributed by atoms with E-state index in [4.69, 9.17) is 27.9 Å². The molecule has 0 amide bonds. The predicted molar refractivity (Wildman–Crippen MR) is 105 cm³/mol. The van der Waals surface area contributed by atoms with Crippen molar-refractivity contribution in [2.75, 3.05) is 26.3 Å². The fraction of sp³-hybridized carbons (Fsp3) is 0.316. The lowest BCUT2D eigenvalue weighted by Gasteiger charge is -2.34. The Kier molecular flexibility index (Phi) is 5.97. The minimum atomic E-state index is -4.48. The van der Waals surface area contributed by atoms with Crippen LogP contribution in [0.3, 0.4) is 0 Å². The van der Waals surface area contributed by atoms with Crippen LogP contribution in [0.15, 0.2) is 42.5 Å². The molecule has 1 atom stereocenters. The SMILES string of the molecule is FC(F)(F)c1cccc(-n2nnnc2[C@@H](c2ccc(Cl)cc2Cl)N2CCOCC2)c1. The third kappa shape index (κ3) is 4.29. The van der Waals surface area contributed by atoms with E-state index in [1.165, 1.54) is 16.8 Å². The number of morpholine rings is 1. The van der Waals surface area contributed by atoms with Crippen molar-refractivity contribution in [3.63, 3.8) is 0 Å². The number of halogens is 5. The molecule has 0 aliphatic carbocycles. The lowest BCUT2D eigenvalue weighted by molar-refractivity contribution is -0.137. The average molecular weight is 458 g/mol. The summed E-state index contributed by atoms with van der Waals surface area (Å²) in [7, 11) is 0. The molecule has 1 fully saturated rings. The molecule has 158 valence electrons. The molecule has 4 rings (SSSR count). The number of aromatic nitrogens is 4. The van der Waals surface area contributed by atoms with Crippen molar-refractivity contribution < 1.29 is 17.9 Å². The van der Waals surface area contributed by atoms with E-state index < -0.39 is 17.8 Å². The van der Waals surface area contributed by atoms with E-state index in [9.17, 15) is 13.2 Å². The second-order valence-corrected chi connectivity index (χ2v) is 7.56. The van der Waals surface area contributed by atoms with Gasteiger partial charge in [0.2, 0.25) is 0 Å². The highest BCUT2D eigenvalue weighted by Crippen LogP contribution is 2.36. The number of rotatable bonds is 4. The van der Waals surface area contributed by atoms with Crippen molar-refractivity contribution in [2.45, 2.75) is 12.2 Å². The molecular formula is C19H16Cl2F3N5O. The molecule has 0 unspecified atom stereocenters. The molecule has 11 heteroatoms. The van der Waals surface area contributed by atoms with Gasteiger partial charge in [-0.05, 0) is 46.3 Å². The number of tetrazole rings is 1. The highest BCUT2D eigenvalue weighted by Gasteiger charge is 2.33. The molecule has 0 saturated carbocycles. The van der Waals surface area contributed by atoms with Crippen molar-refractivity contribution in [1.29, 1.82) is 0 Å². The van der Waals surface area contributed by atoms with E-state index in [0.29, 0.717) is 47.7 Å². The van der Waals surface area contributed by atoms with Gasteiger partial charge in [-0.2, -0.15) is 17.9 Å². The van der Waals surface area contributed by atoms with Crippen LogP contribution in [-0.4, -0.2) is 51.4 Å². The van der Waals surface area contributed by atoms with Gasteiger partial charge in [0.05, 0.1) is 30.5 Å². The third-order valence-corrected chi connectivity index (χ3v) is 5.39. The molecular weight excluding hydrogens is 442 g/mol. The van der Waals surface area contributed by atoms with Crippen LogP contribution in [0.4, 0.5) is 13.2 Å². The minimum Gasteiger partial charge on any atom is -0.379 e. The molecule has 1 saturated heterocycles. The van der Waals surface area contributed by atoms with Crippen LogP contribution in [0.25, 0.3) is 5.69 Å². The Morgan fingerprint density at radius 3 is 2.50 bits per heavy atom. The second kappa shape index (κ2) is 8.50. The van der Waals surface area contributed by atoms with Crippen LogP contribution in [0.2, 0.25) is 10.0 Å². The normalized spacial score (nSPS) is 16.6. The molecule has 1 aliphatic heterocycles. The van der Waals surface area contributed by atoms with Crippen LogP contribution in [0.5, 0.6) is 0 Å². The molecule has 6 nitrogen and oxygen atoms in total. The smallest absolute Gasteiger partial charge is 0.379 e. The molecule has 1 aliphatic rings. The summed E-state index contributed by atoms with van der Waals surface area (Å²) in [6.07, 6.45) is -4.48. The minimum absolute atomic E-state index is 0.202. The molecule has 0 radical (unpaired) electrons. The summed E-state index contributed by atoms with van der Waals surface area (Å²) in [5.74, 6) is 0.348. The monoisotopic (exact) mass is 457 g/mol. The van der Waals surface area contributed by atoms with Crippen molar-refractivity contribution in [1.82, 2.24) is 25.1 Å². The Morgan fingerprint density at radius 2 is 1.80 bits per heavy atom. The molecule has 2 aromatic carbocycles. The average Bonchev–Trinajstić information content (AvgIpc) is 3.19. The van der Waals surface area contributed by atoms with E-state index in [1.807, 2.05) is 0 Å². The standard InChI is InChI=1S/C19H16Cl2F3N5O/c20-13-4-5-15(16(21)11-13)17(28-6-8-30-9-7-28)18-25-26-27-29(18)14-3-1-2-12(10-14)19(22,23)24/h1-5,10-11,17H,6-9H2/t17-/m1/s1. The maximum atomic E-state index is 13.2. The first kappa shape index (κ1) is 21.0. The molecule has 3 aromatic rings. The Hall–Kier alpha value is -2.20. The lowest BCUT2D eigenvalue weighted by atomic mass is 10.0. The van der Waals surface area contributed by atoms with Gasteiger partial charge in [-0.25, -0.2) is 0 Å². The Balaban J connectivity index is 1.83. The summed E-state index contributed by atoms with van der Waals surface area (Å²) in [4.78, 5) is 2.08. The predicted octanol–water partition coefficient (Wildman–Crippen LogP) is 4.41. The van der Waals surface area contributed by atoms with Gasteiger partial charge < -0.3 is 4.74 Å². The van der Waals surface area contributed by atoms with Crippen LogP contribution < -0.4 is 0 Å². The summed E-state index contributed by atoms with van der Waals surface area (Å²) in [5, 5.41) is 12.7. The van der Waals surface area contributed by atoms with Gasteiger partial charge in [-0.1, -0.05) is 35.3 Å². The number of benzene rings is 2. The summed E-state index contributed by atoms with van der Waals surface area (Å²) in [6, 6.07) is 9.46. The quantitative estimate of drug-likeness (QED) is 0.580.